The van der Waals surface area contributed by atoms with Gasteiger partial charge in [-0.25, -0.2) is 4.79 Å². The molecule has 3 aromatic carbocycles. The molecule has 3 aromatic rings. The zero-order valence-corrected chi connectivity index (χ0v) is 20.0. The summed E-state index contributed by atoms with van der Waals surface area (Å²) in [7, 11) is 0. The van der Waals surface area contributed by atoms with Crippen molar-refractivity contribution in [3.8, 4) is 5.75 Å². The van der Waals surface area contributed by atoms with Crippen molar-refractivity contribution in [3.05, 3.63) is 88.0 Å². The van der Waals surface area contributed by atoms with Gasteiger partial charge in [0.2, 0.25) is 0 Å². The number of halogens is 3. The molecule has 0 saturated carbocycles. The summed E-state index contributed by atoms with van der Waals surface area (Å²) in [6, 6.07) is 12.4. The number of hydrazone groups is 1. The Bertz CT molecular complexity index is 1490. The third-order valence-corrected chi connectivity index (χ3v) is 6.01. The van der Waals surface area contributed by atoms with E-state index in [1.807, 2.05) is 13.8 Å². The van der Waals surface area contributed by atoms with Gasteiger partial charge in [-0.15, -0.1) is 0 Å². The molecule has 4 rings (SSSR count). The van der Waals surface area contributed by atoms with Crippen molar-refractivity contribution in [2.45, 2.75) is 26.9 Å². The second kappa shape index (κ2) is 9.45. The predicted octanol–water partition coefficient (Wildman–Crippen LogP) is 6.01. The van der Waals surface area contributed by atoms with Gasteiger partial charge in [-0.2, -0.15) is 18.3 Å². The molecular weight excluding hydrogens is 487 g/mol. The number of amides is 1. The number of fused-ring (bicyclic) bond motifs is 1. The number of aryl methyl sites for hydroxylation is 2. The predicted molar refractivity (Wildman–Crippen MR) is 134 cm³/mol. The minimum atomic E-state index is -4.61. The summed E-state index contributed by atoms with van der Waals surface area (Å²) >= 11 is 0. The Balaban J connectivity index is 1.75. The number of hydrogen-bond donors (Lipinski definition) is 3. The normalized spacial score (nSPS) is 14.8. The topological polar surface area (TPSA) is 102 Å². The molecule has 1 aliphatic rings. The molecule has 0 aliphatic carbocycles. The molecule has 0 bridgehead atoms. The number of benzene rings is 3. The van der Waals surface area contributed by atoms with E-state index >= 15 is 0 Å². The number of carboxylic acids is 1. The van der Waals surface area contributed by atoms with Crippen molar-refractivity contribution in [2.75, 3.05) is 10.3 Å². The molecule has 190 valence electrons. The van der Waals surface area contributed by atoms with Gasteiger partial charge in [-0.05, 0) is 86.0 Å². The van der Waals surface area contributed by atoms with Gasteiger partial charge >= 0.3 is 12.1 Å². The van der Waals surface area contributed by atoms with Crippen molar-refractivity contribution in [3.63, 3.8) is 0 Å². The van der Waals surface area contributed by atoms with E-state index in [1.54, 1.807) is 18.2 Å². The third kappa shape index (κ3) is 5.04. The molecular formula is C27H22F3N3O4. The summed E-state index contributed by atoms with van der Waals surface area (Å²) < 4.78 is 40.4. The van der Waals surface area contributed by atoms with Crippen LogP contribution in [0.1, 0.15) is 34.7 Å². The first kappa shape index (κ1) is 25.5. The summed E-state index contributed by atoms with van der Waals surface area (Å²) in [4.78, 5) is 25.6. The lowest BCUT2D eigenvalue weighted by atomic mass is 10.1. The second-order valence-corrected chi connectivity index (χ2v) is 8.62. The van der Waals surface area contributed by atoms with E-state index in [-0.39, 0.29) is 34.0 Å². The van der Waals surface area contributed by atoms with Crippen molar-refractivity contribution in [1.29, 1.82) is 0 Å². The number of anilines is 3. The van der Waals surface area contributed by atoms with Gasteiger partial charge in [0, 0.05) is 16.8 Å². The van der Waals surface area contributed by atoms with Crippen molar-refractivity contribution < 1.29 is 33.0 Å². The monoisotopic (exact) mass is 509 g/mol. The zero-order valence-electron chi connectivity index (χ0n) is 20.0. The van der Waals surface area contributed by atoms with Crippen LogP contribution in [0.4, 0.5) is 30.2 Å². The van der Waals surface area contributed by atoms with E-state index < -0.39 is 23.6 Å². The minimum absolute atomic E-state index is 0.0393. The van der Waals surface area contributed by atoms with Crippen LogP contribution in [0.5, 0.6) is 5.75 Å². The van der Waals surface area contributed by atoms with Gasteiger partial charge < -0.3 is 10.2 Å². The lowest BCUT2D eigenvalue weighted by molar-refractivity contribution is -0.137. The van der Waals surface area contributed by atoms with E-state index in [0.717, 1.165) is 23.3 Å². The van der Waals surface area contributed by atoms with Gasteiger partial charge in [-0.1, -0.05) is 12.1 Å². The van der Waals surface area contributed by atoms with Gasteiger partial charge in [0.15, 0.2) is 5.71 Å². The number of aromatic hydroxyl groups is 1. The van der Waals surface area contributed by atoms with Crippen LogP contribution in [-0.2, 0) is 15.8 Å². The fraction of sp³-hybridized carbons (Fsp3) is 0.148. The lowest BCUT2D eigenvalue weighted by Crippen LogP contribution is -2.26. The van der Waals surface area contributed by atoms with Crippen molar-refractivity contribution >= 4 is 40.7 Å². The highest BCUT2D eigenvalue weighted by Crippen LogP contribution is 2.40. The van der Waals surface area contributed by atoms with E-state index in [9.17, 15) is 27.9 Å². The maximum absolute atomic E-state index is 13.5. The molecule has 37 heavy (non-hydrogen) atoms. The van der Waals surface area contributed by atoms with Crippen molar-refractivity contribution in [2.24, 2.45) is 5.10 Å². The first-order valence-corrected chi connectivity index (χ1v) is 11.1. The molecule has 3 N–H and O–H groups in total. The number of carboxylic acid groups (broad SMARTS) is 1. The molecule has 1 heterocycles. The van der Waals surface area contributed by atoms with Gasteiger partial charge in [0.05, 0.1) is 16.9 Å². The Kier molecular flexibility index (Phi) is 6.51. The highest BCUT2D eigenvalue weighted by Gasteiger charge is 2.39. The number of carbonyl (C=O) groups is 2. The fourth-order valence-electron chi connectivity index (χ4n) is 3.81. The minimum Gasteiger partial charge on any atom is -0.506 e. The second-order valence-electron chi connectivity index (χ2n) is 8.62. The van der Waals surface area contributed by atoms with Gasteiger partial charge in [0.25, 0.3) is 5.91 Å². The summed E-state index contributed by atoms with van der Waals surface area (Å²) in [6.07, 6.45) is -3.24. The average molecular weight is 509 g/mol. The molecule has 0 radical (unpaired) electrons. The van der Waals surface area contributed by atoms with E-state index in [2.05, 4.69) is 10.5 Å². The van der Waals surface area contributed by atoms with Crippen LogP contribution in [0, 0.1) is 13.8 Å². The number of phenolic OH excluding ortho intramolecular Hbond substituents is 1. The number of nitrogens with one attached hydrogen (secondary N) is 1. The Morgan fingerprint density at radius 2 is 1.76 bits per heavy atom. The van der Waals surface area contributed by atoms with Crippen molar-refractivity contribution in [1.82, 2.24) is 0 Å². The largest absolute Gasteiger partial charge is 0.506 e. The maximum atomic E-state index is 13.5. The standard InChI is InChI=1S/C27H22F3N3O4/c1-14-4-7-19(11-15(14)2)33-22-13-18(27(28,29)30)6-8-20(22)24(25(33)35)32-31-21-9-5-17(12-23(21)34)10-16(3)26(36)37/h4-13,31,34H,1-3H3,(H,36,37)/b16-10+,32-24-. The van der Waals surface area contributed by atoms with Crippen LogP contribution >= 0.6 is 0 Å². The first-order valence-electron chi connectivity index (χ1n) is 11.1. The van der Waals surface area contributed by atoms with Crippen LogP contribution in [0.3, 0.4) is 0 Å². The molecule has 0 aromatic heterocycles. The van der Waals surface area contributed by atoms with Crippen LogP contribution in [0.25, 0.3) is 6.08 Å². The molecule has 7 nitrogen and oxygen atoms in total. The Hall–Kier alpha value is -4.60. The average Bonchev–Trinajstić information content (AvgIpc) is 3.10. The number of aliphatic carboxylic acids is 1. The summed E-state index contributed by atoms with van der Waals surface area (Å²) in [5.41, 5.74) is 4.62. The molecule has 1 amide bonds. The van der Waals surface area contributed by atoms with Crippen LogP contribution in [-0.4, -0.2) is 27.8 Å². The lowest BCUT2D eigenvalue weighted by Gasteiger charge is -2.19. The van der Waals surface area contributed by atoms with Crippen LogP contribution < -0.4 is 10.3 Å². The highest BCUT2D eigenvalue weighted by atomic mass is 19.4. The zero-order chi connectivity index (χ0) is 27.1. The summed E-state index contributed by atoms with van der Waals surface area (Å²) in [5.74, 6) is -2.00. The molecule has 0 fully saturated rings. The number of nitrogens with zero attached hydrogens (tertiary/aromatic N) is 2. The quantitative estimate of drug-likeness (QED) is 0.222. The first-order chi connectivity index (χ1) is 17.4. The Labute approximate surface area is 210 Å². The third-order valence-electron chi connectivity index (χ3n) is 6.01. The van der Waals surface area contributed by atoms with E-state index in [0.29, 0.717) is 11.3 Å². The van der Waals surface area contributed by atoms with Crippen LogP contribution in [0.15, 0.2) is 65.3 Å². The molecule has 1 aliphatic heterocycles. The number of hydrogen-bond acceptors (Lipinski definition) is 5. The van der Waals surface area contributed by atoms with E-state index in [1.165, 1.54) is 42.2 Å². The SMILES string of the molecule is C/C(=C\c1ccc(N/N=C2\C(=O)N(c3ccc(C)c(C)c3)c3cc(C(F)(F)F)ccc32)c(O)c1)C(=O)O. The Morgan fingerprint density at radius 1 is 1.03 bits per heavy atom. The molecule has 0 spiro atoms. The molecule has 10 heteroatoms. The van der Waals surface area contributed by atoms with Gasteiger partial charge in [-0.3, -0.25) is 15.1 Å². The number of rotatable bonds is 5. The fourth-order valence-corrected chi connectivity index (χ4v) is 3.81. The smallest absolute Gasteiger partial charge is 0.416 e. The number of phenols is 1. The molecule has 0 atom stereocenters. The summed E-state index contributed by atoms with van der Waals surface area (Å²) in [6.45, 7) is 5.13. The van der Waals surface area contributed by atoms with E-state index in [4.69, 9.17) is 5.11 Å². The molecule has 0 saturated heterocycles. The highest BCUT2D eigenvalue weighted by molar-refractivity contribution is 6.55. The molecule has 0 unspecified atom stereocenters. The maximum Gasteiger partial charge on any atom is 0.416 e. The van der Waals surface area contributed by atoms with Crippen LogP contribution in [0.2, 0.25) is 0 Å². The Morgan fingerprint density at radius 3 is 2.38 bits per heavy atom. The van der Waals surface area contributed by atoms with Gasteiger partial charge in [0.1, 0.15) is 5.75 Å². The number of alkyl halides is 3. The number of carbonyl (C=O) groups excluding carboxylic acids is 1. The summed E-state index contributed by atoms with van der Waals surface area (Å²) in [5, 5.41) is 23.5.